The molecule has 0 atom stereocenters. The molecule has 1 aromatic rings. The number of thioether (sulfide) groups is 1. The standard InChI is InChI=1S/C10H13F2NS/c1-13-7-10(11,12)8-4-3-5-9(6-8)14-2/h3-6,13H,7H2,1-2H3. The summed E-state index contributed by atoms with van der Waals surface area (Å²) in [4.78, 5) is 0.860. The predicted molar refractivity (Wildman–Crippen MR) is 56.0 cm³/mol. The monoisotopic (exact) mass is 217 g/mol. The maximum atomic E-state index is 13.4. The van der Waals surface area contributed by atoms with Crippen molar-refractivity contribution in [3.05, 3.63) is 29.8 Å². The molecular weight excluding hydrogens is 204 g/mol. The van der Waals surface area contributed by atoms with Gasteiger partial charge in [-0.2, -0.15) is 8.78 Å². The quantitative estimate of drug-likeness (QED) is 0.778. The Morgan fingerprint density at radius 1 is 1.43 bits per heavy atom. The molecule has 1 rings (SSSR count). The lowest BCUT2D eigenvalue weighted by Gasteiger charge is -2.16. The zero-order valence-corrected chi connectivity index (χ0v) is 9.00. The molecule has 0 bridgehead atoms. The summed E-state index contributed by atoms with van der Waals surface area (Å²) in [7, 11) is 1.52. The van der Waals surface area contributed by atoms with Gasteiger partial charge in [0.1, 0.15) is 0 Å². The van der Waals surface area contributed by atoms with Crippen molar-refractivity contribution in [2.24, 2.45) is 0 Å². The Morgan fingerprint density at radius 2 is 2.14 bits per heavy atom. The Hall–Kier alpha value is -0.610. The molecule has 0 saturated carbocycles. The predicted octanol–water partition coefficient (Wildman–Crippen LogP) is 2.72. The van der Waals surface area contributed by atoms with Crippen LogP contribution in [0, 0.1) is 0 Å². The third kappa shape index (κ3) is 2.69. The van der Waals surface area contributed by atoms with Crippen LogP contribution < -0.4 is 5.32 Å². The Labute approximate surface area is 86.9 Å². The lowest BCUT2D eigenvalue weighted by atomic mass is 10.1. The molecule has 0 spiro atoms. The van der Waals surface area contributed by atoms with Crippen molar-refractivity contribution >= 4 is 11.8 Å². The van der Waals surface area contributed by atoms with E-state index < -0.39 is 5.92 Å². The summed E-state index contributed by atoms with van der Waals surface area (Å²) in [6.07, 6.45) is 1.87. The second kappa shape index (κ2) is 4.75. The van der Waals surface area contributed by atoms with Crippen LogP contribution in [0.4, 0.5) is 8.78 Å². The number of hydrogen-bond donors (Lipinski definition) is 1. The van der Waals surface area contributed by atoms with Gasteiger partial charge in [0, 0.05) is 10.5 Å². The molecule has 0 amide bonds. The lowest BCUT2D eigenvalue weighted by molar-refractivity contribution is -0.00145. The summed E-state index contributed by atoms with van der Waals surface area (Å²) in [5.41, 5.74) is 0.0682. The van der Waals surface area contributed by atoms with E-state index in [-0.39, 0.29) is 12.1 Å². The molecule has 0 heterocycles. The maximum Gasteiger partial charge on any atom is 0.285 e. The second-order valence-corrected chi connectivity index (χ2v) is 3.85. The highest BCUT2D eigenvalue weighted by molar-refractivity contribution is 7.98. The average molecular weight is 217 g/mol. The van der Waals surface area contributed by atoms with Crippen LogP contribution >= 0.6 is 11.8 Å². The van der Waals surface area contributed by atoms with Gasteiger partial charge in [-0.25, -0.2) is 0 Å². The van der Waals surface area contributed by atoms with E-state index in [4.69, 9.17) is 0 Å². The average Bonchev–Trinajstić information content (AvgIpc) is 2.18. The first kappa shape index (κ1) is 11.5. The molecule has 14 heavy (non-hydrogen) atoms. The van der Waals surface area contributed by atoms with Gasteiger partial charge in [0.2, 0.25) is 0 Å². The number of alkyl halides is 2. The number of halogens is 2. The maximum absolute atomic E-state index is 13.4. The molecule has 0 saturated heterocycles. The minimum Gasteiger partial charge on any atom is -0.314 e. The molecule has 4 heteroatoms. The normalized spacial score (nSPS) is 11.7. The van der Waals surface area contributed by atoms with E-state index >= 15 is 0 Å². The Balaban J connectivity index is 2.93. The molecule has 78 valence electrons. The third-order valence-corrected chi connectivity index (χ3v) is 2.62. The summed E-state index contributed by atoms with van der Waals surface area (Å²) in [5.74, 6) is -2.79. The smallest absolute Gasteiger partial charge is 0.285 e. The molecule has 0 unspecified atom stereocenters. The van der Waals surface area contributed by atoms with Crippen molar-refractivity contribution in [3.63, 3.8) is 0 Å². The molecule has 0 radical (unpaired) electrons. The topological polar surface area (TPSA) is 12.0 Å². The van der Waals surface area contributed by atoms with Gasteiger partial charge in [0.25, 0.3) is 5.92 Å². The van der Waals surface area contributed by atoms with Crippen LogP contribution in [0.5, 0.6) is 0 Å². The zero-order valence-electron chi connectivity index (χ0n) is 8.18. The van der Waals surface area contributed by atoms with Crippen LogP contribution in [0.2, 0.25) is 0 Å². The van der Waals surface area contributed by atoms with Crippen molar-refractivity contribution in [3.8, 4) is 0 Å². The van der Waals surface area contributed by atoms with E-state index in [0.29, 0.717) is 0 Å². The van der Waals surface area contributed by atoms with E-state index in [9.17, 15) is 8.78 Å². The zero-order chi connectivity index (χ0) is 10.6. The molecule has 0 aliphatic rings. The largest absolute Gasteiger partial charge is 0.314 e. The Kier molecular flexibility index (Phi) is 3.89. The number of nitrogens with one attached hydrogen (secondary N) is 1. The number of rotatable bonds is 4. The second-order valence-electron chi connectivity index (χ2n) is 2.97. The lowest BCUT2D eigenvalue weighted by Crippen LogP contribution is -2.28. The van der Waals surface area contributed by atoms with Crippen LogP contribution in [0.25, 0.3) is 0 Å². The Morgan fingerprint density at radius 3 is 2.71 bits per heavy atom. The first-order valence-electron chi connectivity index (χ1n) is 4.27. The summed E-state index contributed by atoms with van der Waals surface area (Å²) < 4.78 is 26.8. The molecule has 1 nitrogen and oxygen atoms in total. The molecule has 0 fully saturated rings. The number of likely N-dealkylation sites (N-methyl/N-ethyl adjacent to an activating group) is 1. The summed E-state index contributed by atoms with van der Waals surface area (Å²) in [6.45, 7) is -0.329. The first-order valence-corrected chi connectivity index (χ1v) is 5.49. The van der Waals surface area contributed by atoms with Crippen LogP contribution in [0.15, 0.2) is 29.2 Å². The van der Waals surface area contributed by atoms with Gasteiger partial charge in [0.05, 0.1) is 6.54 Å². The summed E-state index contributed by atoms with van der Waals surface area (Å²) >= 11 is 1.46. The van der Waals surface area contributed by atoms with Gasteiger partial charge in [-0.05, 0) is 25.4 Å². The highest BCUT2D eigenvalue weighted by Crippen LogP contribution is 2.29. The van der Waals surface area contributed by atoms with Crippen molar-refractivity contribution in [2.45, 2.75) is 10.8 Å². The van der Waals surface area contributed by atoms with E-state index in [1.165, 1.54) is 30.9 Å². The summed E-state index contributed by atoms with van der Waals surface area (Å²) in [5, 5.41) is 2.49. The van der Waals surface area contributed by atoms with Crippen LogP contribution in [0.1, 0.15) is 5.56 Å². The van der Waals surface area contributed by atoms with Gasteiger partial charge < -0.3 is 5.32 Å². The first-order chi connectivity index (χ1) is 6.60. The third-order valence-electron chi connectivity index (χ3n) is 1.89. The number of hydrogen-bond acceptors (Lipinski definition) is 2. The van der Waals surface area contributed by atoms with Gasteiger partial charge in [0.15, 0.2) is 0 Å². The van der Waals surface area contributed by atoms with Gasteiger partial charge in [-0.1, -0.05) is 12.1 Å². The van der Waals surface area contributed by atoms with Gasteiger partial charge in [-0.3, -0.25) is 0 Å². The van der Waals surface area contributed by atoms with E-state index in [2.05, 4.69) is 5.32 Å². The van der Waals surface area contributed by atoms with Crippen molar-refractivity contribution < 1.29 is 8.78 Å². The Bertz CT molecular complexity index is 302. The summed E-state index contributed by atoms with van der Waals surface area (Å²) in [6, 6.07) is 6.47. The molecule has 1 aromatic carbocycles. The fraction of sp³-hybridized carbons (Fsp3) is 0.400. The van der Waals surface area contributed by atoms with Crippen LogP contribution in [0.3, 0.4) is 0 Å². The van der Waals surface area contributed by atoms with Crippen molar-refractivity contribution in [2.75, 3.05) is 19.8 Å². The van der Waals surface area contributed by atoms with Crippen molar-refractivity contribution in [1.29, 1.82) is 0 Å². The fourth-order valence-corrected chi connectivity index (χ4v) is 1.63. The van der Waals surface area contributed by atoms with Crippen LogP contribution in [-0.2, 0) is 5.92 Å². The number of benzene rings is 1. The van der Waals surface area contributed by atoms with Gasteiger partial charge in [-0.15, -0.1) is 11.8 Å². The molecule has 0 aliphatic carbocycles. The minimum absolute atomic E-state index is 0.0682. The minimum atomic E-state index is -2.79. The highest BCUT2D eigenvalue weighted by Gasteiger charge is 2.30. The van der Waals surface area contributed by atoms with E-state index in [1.54, 1.807) is 6.07 Å². The van der Waals surface area contributed by atoms with Gasteiger partial charge >= 0.3 is 0 Å². The molecule has 1 N–H and O–H groups in total. The van der Waals surface area contributed by atoms with Crippen LogP contribution in [-0.4, -0.2) is 19.8 Å². The van der Waals surface area contributed by atoms with E-state index in [1.807, 2.05) is 12.3 Å². The molecular formula is C10H13F2NS. The molecule has 0 aromatic heterocycles. The fourth-order valence-electron chi connectivity index (χ4n) is 1.17. The van der Waals surface area contributed by atoms with E-state index in [0.717, 1.165) is 4.90 Å². The molecule has 0 aliphatic heterocycles. The highest BCUT2D eigenvalue weighted by atomic mass is 32.2. The SMILES string of the molecule is CNCC(F)(F)c1cccc(SC)c1. The van der Waals surface area contributed by atoms with Crippen molar-refractivity contribution in [1.82, 2.24) is 5.32 Å².